The molecule has 1 aromatic carbocycles. The van der Waals surface area contributed by atoms with Gasteiger partial charge < -0.3 is 5.73 Å². The van der Waals surface area contributed by atoms with E-state index in [9.17, 15) is 4.21 Å². The summed E-state index contributed by atoms with van der Waals surface area (Å²) in [5, 5.41) is 8.38. The third-order valence-electron chi connectivity index (χ3n) is 2.37. The molecule has 0 fully saturated rings. The Bertz CT molecular complexity index is 424. The molecule has 4 heteroatoms. The summed E-state index contributed by atoms with van der Waals surface area (Å²) < 4.78 is 11.9. The van der Waals surface area contributed by atoms with Crippen LogP contribution in [0, 0.1) is 18.3 Å². The van der Waals surface area contributed by atoms with Crippen LogP contribution >= 0.6 is 0 Å². The van der Waals surface area contributed by atoms with Gasteiger partial charge in [0, 0.05) is 22.8 Å². The van der Waals surface area contributed by atoms with Gasteiger partial charge in [-0.2, -0.15) is 5.26 Å². The number of hydrogen-bond acceptors (Lipinski definition) is 3. The first-order valence-corrected chi connectivity index (χ1v) is 6.58. The van der Waals surface area contributed by atoms with E-state index in [4.69, 9.17) is 11.0 Å². The Labute approximate surface area is 98.7 Å². The Morgan fingerprint density at radius 2 is 2.19 bits per heavy atom. The Balaban J connectivity index is 2.53. The van der Waals surface area contributed by atoms with Crippen molar-refractivity contribution >= 4 is 16.5 Å². The van der Waals surface area contributed by atoms with Crippen molar-refractivity contribution in [3.63, 3.8) is 0 Å². The fraction of sp³-hybridized carbons (Fsp3) is 0.417. The molecule has 0 aliphatic carbocycles. The van der Waals surface area contributed by atoms with Crippen molar-refractivity contribution in [2.24, 2.45) is 0 Å². The normalized spacial score (nSPS) is 12.0. The van der Waals surface area contributed by atoms with Gasteiger partial charge in [0.1, 0.15) is 0 Å². The van der Waals surface area contributed by atoms with Crippen LogP contribution in [-0.2, 0) is 10.8 Å². The predicted molar refractivity (Wildman–Crippen MR) is 66.3 cm³/mol. The summed E-state index contributed by atoms with van der Waals surface area (Å²) >= 11 is 0. The van der Waals surface area contributed by atoms with Crippen LogP contribution in [0.4, 0.5) is 5.69 Å². The maximum Gasteiger partial charge on any atom is 0.0621 e. The first-order chi connectivity index (χ1) is 7.65. The van der Waals surface area contributed by atoms with E-state index in [-0.39, 0.29) is 0 Å². The molecule has 0 bridgehead atoms. The topological polar surface area (TPSA) is 66.9 Å². The van der Waals surface area contributed by atoms with Gasteiger partial charge in [-0.1, -0.05) is 0 Å². The summed E-state index contributed by atoms with van der Waals surface area (Å²) in [6.45, 7) is 1.91. The van der Waals surface area contributed by atoms with Gasteiger partial charge in [0.05, 0.1) is 16.9 Å². The molecule has 0 aliphatic heterocycles. The minimum Gasteiger partial charge on any atom is -0.399 e. The van der Waals surface area contributed by atoms with Crippen molar-refractivity contribution in [2.45, 2.75) is 31.1 Å². The van der Waals surface area contributed by atoms with Crippen molar-refractivity contribution in [2.75, 3.05) is 11.5 Å². The summed E-state index contributed by atoms with van der Waals surface area (Å²) in [4.78, 5) is 0.823. The fourth-order valence-corrected chi connectivity index (χ4v) is 2.57. The maximum absolute atomic E-state index is 11.9. The second-order valence-corrected chi connectivity index (χ2v) is 5.25. The van der Waals surface area contributed by atoms with Crippen molar-refractivity contribution < 1.29 is 4.21 Å². The maximum atomic E-state index is 11.9. The smallest absolute Gasteiger partial charge is 0.0621 e. The molecule has 1 unspecified atom stereocenters. The second kappa shape index (κ2) is 6.29. The summed E-state index contributed by atoms with van der Waals surface area (Å²) in [7, 11) is -0.970. The monoisotopic (exact) mass is 236 g/mol. The fourth-order valence-electron chi connectivity index (χ4n) is 1.34. The van der Waals surface area contributed by atoms with Crippen LogP contribution in [0.15, 0.2) is 23.1 Å². The standard InChI is InChI=1S/C12H16N2OS/c1-10-9-11(5-6-12(10)14)16(15)8-4-2-3-7-13/h5-6,9H,2-4,8,14H2,1H3. The van der Waals surface area contributed by atoms with Crippen LogP contribution in [-0.4, -0.2) is 9.96 Å². The minimum absolute atomic E-state index is 0.540. The van der Waals surface area contributed by atoms with Crippen molar-refractivity contribution in [3.8, 4) is 6.07 Å². The average Bonchev–Trinajstić information content (AvgIpc) is 2.28. The number of hydrogen-bond donors (Lipinski definition) is 1. The van der Waals surface area contributed by atoms with Crippen LogP contribution in [0.3, 0.4) is 0 Å². The number of nitrogens with two attached hydrogens (primary N) is 1. The summed E-state index contributed by atoms with van der Waals surface area (Å²) in [6.07, 6.45) is 2.18. The van der Waals surface area contributed by atoms with Crippen molar-refractivity contribution in [1.29, 1.82) is 5.26 Å². The third kappa shape index (κ3) is 3.67. The van der Waals surface area contributed by atoms with Crippen LogP contribution < -0.4 is 5.73 Å². The van der Waals surface area contributed by atoms with Gasteiger partial charge in [-0.3, -0.25) is 4.21 Å². The molecule has 0 spiro atoms. The van der Waals surface area contributed by atoms with Gasteiger partial charge in [-0.15, -0.1) is 0 Å². The minimum atomic E-state index is -0.970. The number of benzene rings is 1. The summed E-state index contributed by atoms with van der Waals surface area (Å²) in [6, 6.07) is 7.55. The molecular formula is C12H16N2OS. The molecule has 0 saturated heterocycles. The molecule has 0 saturated carbocycles. The molecule has 0 amide bonds. The largest absolute Gasteiger partial charge is 0.399 e. The van der Waals surface area contributed by atoms with Crippen LogP contribution in [0.2, 0.25) is 0 Å². The third-order valence-corrected chi connectivity index (χ3v) is 3.81. The molecule has 3 nitrogen and oxygen atoms in total. The Morgan fingerprint density at radius 3 is 2.81 bits per heavy atom. The quantitative estimate of drug-likeness (QED) is 0.630. The van der Waals surface area contributed by atoms with Crippen LogP contribution in [0.25, 0.3) is 0 Å². The van der Waals surface area contributed by atoms with Crippen molar-refractivity contribution in [3.05, 3.63) is 23.8 Å². The zero-order chi connectivity index (χ0) is 12.0. The Hall–Kier alpha value is -1.34. The molecule has 0 heterocycles. The van der Waals surface area contributed by atoms with Gasteiger partial charge in [-0.25, -0.2) is 0 Å². The highest BCUT2D eigenvalue weighted by molar-refractivity contribution is 7.85. The number of anilines is 1. The first-order valence-electron chi connectivity index (χ1n) is 5.26. The Morgan fingerprint density at radius 1 is 1.44 bits per heavy atom. The number of nitriles is 1. The van der Waals surface area contributed by atoms with E-state index in [1.165, 1.54) is 0 Å². The van der Waals surface area contributed by atoms with E-state index in [0.717, 1.165) is 29.0 Å². The first kappa shape index (κ1) is 12.7. The zero-order valence-corrected chi connectivity index (χ0v) is 10.2. The number of nitrogen functional groups attached to an aromatic ring is 1. The Kier molecular flexibility index (Phi) is 5.00. The van der Waals surface area contributed by atoms with E-state index >= 15 is 0 Å². The van der Waals surface area contributed by atoms with Gasteiger partial charge in [0.25, 0.3) is 0 Å². The lowest BCUT2D eigenvalue weighted by Crippen LogP contribution is -1.99. The van der Waals surface area contributed by atoms with Gasteiger partial charge in [-0.05, 0) is 43.5 Å². The lowest BCUT2D eigenvalue weighted by atomic mass is 10.2. The highest BCUT2D eigenvalue weighted by atomic mass is 32.2. The van der Waals surface area contributed by atoms with Gasteiger partial charge in [0.15, 0.2) is 0 Å². The highest BCUT2D eigenvalue weighted by Gasteiger charge is 2.04. The molecule has 86 valence electrons. The molecule has 0 radical (unpaired) electrons. The molecule has 1 atom stereocenters. The van der Waals surface area contributed by atoms with E-state index in [1.54, 1.807) is 6.07 Å². The summed E-state index contributed by atoms with van der Waals surface area (Å²) in [5.74, 6) is 0.616. The number of rotatable bonds is 5. The van der Waals surface area contributed by atoms with E-state index in [1.807, 2.05) is 19.1 Å². The molecule has 1 aromatic rings. The molecular weight excluding hydrogens is 220 g/mol. The molecule has 0 aliphatic rings. The SMILES string of the molecule is Cc1cc(S(=O)CCCCC#N)ccc1N. The molecule has 0 aromatic heterocycles. The lowest BCUT2D eigenvalue weighted by Gasteiger charge is -2.04. The predicted octanol–water partition coefficient (Wildman–Crippen LogP) is 2.38. The number of aryl methyl sites for hydroxylation is 1. The average molecular weight is 236 g/mol. The zero-order valence-electron chi connectivity index (χ0n) is 9.40. The van der Waals surface area contributed by atoms with Crippen LogP contribution in [0.1, 0.15) is 24.8 Å². The van der Waals surface area contributed by atoms with E-state index < -0.39 is 10.8 Å². The second-order valence-electron chi connectivity index (χ2n) is 3.68. The number of nitrogens with zero attached hydrogens (tertiary/aromatic N) is 1. The molecule has 1 rings (SSSR count). The van der Waals surface area contributed by atoms with Crippen molar-refractivity contribution in [1.82, 2.24) is 0 Å². The highest BCUT2D eigenvalue weighted by Crippen LogP contribution is 2.16. The number of unbranched alkanes of at least 4 members (excludes halogenated alkanes) is 2. The van der Waals surface area contributed by atoms with Gasteiger partial charge in [0.2, 0.25) is 0 Å². The van der Waals surface area contributed by atoms with Crippen LogP contribution in [0.5, 0.6) is 0 Å². The van der Waals surface area contributed by atoms with E-state index in [2.05, 4.69) is 6.07 Å². The summed E-state index contributed by atoms with van der Waals surface area (Å²) in [5.41, 5.74) is 7.38. The lowest BCUT2D eigenvalue weighted by molar-refractivity contribution is 0.678. The van der Waals surface area contributed by atoms with Gasteiger partial charge >= 0.3 is 0 Å². The molecule has 16 heavy (non-hydrogen) atoms. The van der Waals surface area contributed by atoms with E-state index in [0.29, 0.717) is 12.2 Å². The molecule has 2 N–H and O–H groups in total.